The minimum absolute atomic E-state index is 0.00116. The van der Waals surface area contributed by atoms with E-state index < -0.39 is 0 Å². The normalized spacial score (nSPS) is 10.7. The van der Waals surface area contributed by atoms with E-state index in [-0.39, 0.29) is 5.91 Å². The van der Waals surface area contributed by atoms with Gasteiger partial charge in [-0.3, -0.25) is 4.79 Å². The first-order chi connectivity index (χ1) is 13.5. The molecule has 1 heterocycles. The monoisotopic (exact) mass is 399 g/mol. The topological polar surface area (TPSA) is 68.5 Å². The average Bonchev–Trinajstić information content (AvgIpc) is 3.17. The molecule has 0 bridgehead atoms. The molecule has 0 aliphatic heterocycles. The number of likely N-dealkylation sites (N-methyl/N-ethyl adjacent to an activating group) is 1. The van der Waals surface area contributed by atoms with Crippen LogP contribution in [0.3, 0.4) is 0 Å². The Hall–Kier alpha value is -2.86. The standard InChI is InChI=1S/C21H22ClN3O3/c1-15-3-9-18(10-4-15)27-14-13-25(2)20(26)12-11-19-23-21(24-28-19)16-5-7-17(22)8-6-16/h3-10H,11-14H2,1-2H3. The van der Waals surface area contributed by atoms with E-state index in [0.717, 1.165) is 11.3 Å². The van der Waals surface area contributed by atoms with Gasteiger partial charge in [-0.25, -0.2) is 0 Å². The summed E-state index contributed by atoms with van der Waals surface area (Å²) in [4.78, 5) is 18.3. The van der Waals surface area contributed by atoms with Crippen LogP contribution < -0.4 is 4.74 Å². The van der Waals surface area contributed by atoms with E-state index in [1.165, 1.54) is 5.56 Å². The van der Waals surface area contributed by atoms with Crippen molar-refractivity contribution in [2.24, 2.45) is 0 Å². The quantitative estimate of drug-likeness (QED) is 0.568. The molecule has 0 aliphatic rings. The molecule has 0 N–H and O–H groups in total. The first-order valence-electron chi connectivity index (χ1n) is 9.03. The summed E-state index contributed by atoms with van der Waals surface area (Å²) >= 11 is 5.88. The molecule has 3 aromatic rings. The molecule has 0 saturated carbocycles. The summed E-state index contributed by atoms with van der Waals surface area (Å²) in [6.07, 6.45) is 0.686. The van der Waals surface area contributed by atoms with Gasteiger partial charge in [0.1, 0.15) is 12.4 Å². The number of aromatic nitrogens is 2. The molecule has 0 aliphatic carbocycles. The van der Waals surface area contributed by atoms with Crippen molar-refractivity contribution in [1.29, 1.82) is 0 Å². The highest BCUT2D eigenvalue weighted by atomic mass is 35.5. The summed E-state index contributed by atoms with van der Waals surface area (Å²) in [5.74, 6) is 1.72. The fourth-order valence-electron chi connectivity index (χ4n) is 2.54. The molecule has 0 fully saturated rings. The molecule has 2 aromatic carbocycles. The lowest BCUT2D eigenvalue weighted by Gasteiger charge is -2.17. The van der Waals surface area contributed by atoms with Gasteiger partial charge in [-0.1, -0.05) is 34.5 Å². The Morgan fingerprint density at radius 3 is 2.57 bits per heavy atom. The fraction of sp³-hybridized carbons (Fsp3) is 0.286. The van der Waals surface area contributed by atoms with Gasteiger partial charge in [-0.05, 0) is 43.3 Å². The second-order valence-electron chi connectivity index (χ2n) is 6.50. The minimum atomic E-state index is -0.00116. The van der Waals surface area contributed by atoms with Crippen LogP contribution in [0, 0.1) is 6.92 Å². The number of benzene rings is 2. The van der Waals surface area contributed by atoms with Crippen LogP contribution in [-0.2, 0) is 11.2 Å². The van der Waals surface area contributed by atoms with Crippen LogP contribution in [-0.4, -0.2) is 41.1 Å². The Balaban J connectivity index is 1.43. The highest BCUT2D eigenvalue weighted by Gasteiger charge is 2.13. The van der Waals surface area contributed by atoms with Gasteiger partial charge in [0.2, 0.25) is 17.6 Å². The number of rotatable bonds is 8. The molecule has 0 unspecified atom stereocenters. The number of amides is 1. The van der Waals surface area contributed by atoms with E-state index in [1.807, 2.05) is 43.3 Å². The van der Waals surface area contributed by atoms with E-state index in [4.69, 9.17) is 20.9 Å². The number of carbonyl (C=O) groups is 1. The maximum atomic E-state index is 12.3. The summed E-state index contributed by atoms with van der Waals surface area (Å²) in [7, 11) is 1.76. The maximum Gasteiger partial charge on any atom is 0.227 e. The van der Waals surface area contributed by atoms with Crippen molar-refractivity contribution in [2.75, 3.05) is 20.2 Å². The molecule has 3 rings (SSSR count). The first-order valence-corrected chi connectivity index (χ1v) is 9.41. The van der Waals surface area contributed by atoms with Gasteiger partial charge >= 0.3 is 0 Å². The van der Waals surface area contributed by atoms with Crippen LogP contribution in [0.1, 0.15) is 17.9 Å². The van der Waals surface area contributed by atoms with Gasteiger partial charge in [-0.2, -0.15) is 4.98 Å². The minimum Gasteiger partial charge on any atom is -0.492 e. The van der Waals surface area contributed by atoms with E-state index in [0.29, 0.717) is 42.7 Å². The smallest absolute Gasteiger partial charge is 0.227 e. The SMILES string of the molecule is Cc1ccc(OCCN(C)C(=O)CCc2nc(-c3ccc(Cl)cc3)no2)cc1. The first kappa shape index (κ1) is 19.9. The number of nitrogens with zero attached hydrogens (tertiary/aromatic N) is 3. The molecular weight excluding hydrogens is 378 g/mol. The largest absolute Gasteiger partial charge is 0.492 e. The van der Waals surface area contributed by atoms with E-state index in [1.54, 1.807) is 24.1 Å². The molecule has 7 heteroatoms. The summed E-state index contributed by atoms with van der Waals surface area (Å²) in [6.45, 7) is 2.97. The maximum absolute atomic E-state index is 12.3. The average molecular weight is 400 g/mol. The number of aryl methyl sites for hydroxylation is 2. The molecule has 28 heavy (non-hydrogen) atoms. The summed E-state index contributed by atoms with van der Waals surface area (Å²) in [5, 5.41) is 4.60. The fourth-order valence-corrected chi connectivity index (χ4v) is 2.66. The second-order valence-corrected chi connectivity index (χ2v) is 6.93. The highest BCUT2D eigenvalue weighted by molar-refractivity contribution is 6.30. The zero-order valence-electron chi connectivity index (χ0n) is 15.9. The van der Waals surface area contributed by atoms with Crippen molar-refractivity contribution in [3.05, 3.63) is 65.0 Å². The number of hydrogen-bond donors (Lipinski definition) is 0. The number of ether oxygens (including phenoxy) is 1. The third kappa shape index (κ3) is 5.57. The van der Waals surface area contributed by atoms with Crippen molar-refractivity contribution in [3.8, 4) is 17.1 Å². The van der Waals surface area contributed by atoms with Gasteiger partial charge < -0.3 is 14.2 Å². The summed E-state index contributed by atoms with van der Waals surface area (Å²) in [6, 6.07) is 15.0. The lowest BCUT2D eigenvalue weighted by Crippen LogP contribution is -2.31. The Morgan fingerprint density at radius 2 is 1.86 bits per heavy atom. The Bertz CT molecular complexity index is 907. The van der Waals surface area contributed by atoms with Gasteiger partial charge in [0, 0.05) is 30.5 Å². The van der Waals surface area contributed by atoms with Crippen molar-refractivity contribution in [1.82, 2.24) is 15.0 Å². The molecule has 6 nitrogen and oxygen atoms in total. The predicted molar refractivity (Wildman–Crippen MR) is 107 cm³/mol. The van der Waals surface area contributed by atoms with Gasteiger partial charge in [0.05, 0.1) is 6.54 Å². The van der Waals surface area contributed by atoms with Crippen LogP contribution in [0.15, 0.2) is 53.1 Å². The van der Waals surface area contributed by atoms with Gasteiger partial charge in [0.25, 0.3) is 0 Å². The second kappa shape index (κ2) is 9.37. The molecular formula is C21H22ClN3O3. The number of hydrogen-bond acceptors (Lipinski definition) is 5. The van der Waals surface area contributed by atoms with Crippen molar-refractivity contribution >= 4 is 17.5 Å². The number of carbonyl (C=O) groups excluding carboxylic acids is 1. The van der Waals surface area contributed by atoms with Crippen LogP contribution in [0.5, 0.6) is 5.75 Å². The third-order valence-electron chi connectivity index (χ3n) is 4.27. The van der Waals surface area contributed by atoms with Crippen LogP contribution in [0.2, 0.25) is 5.02 Å². The van der Waals surface area contributed by atoms with E-state index in [9.17, 15) is 4.79 Å². The van der Waals surface area contributed by atoms with Crippen molar-refractivity contribution < 1.29 is 14.1 Å². The Morgan fingerprint density at radius 1 is 1.14 bits per heavy atom. The Kier molecular flexibility index (Phi) is 6.66. The number of halogens is 1. The molecule has 0 spiro atoms. The van der Waals surface area contributed by atoms with Crippen LogP contribution in [0.4, 0.5) is 0 Å². The molecule has 1 amide bonds. The van der Waals surface area contributed by atoms with E-state index in [2.05, 4.69) is 10.1 Å². The zero-order chi connectivity index (χ0) is 19.9. The lowest BCUT2D eigenvalue weighted by molar-refractivity contribution is -0.130. The molecule has 1 aromatic heterocycles. The van der Waals surface area contributed by atoms with E-state index >= 15 is 0 Å². The molecule has 146 valence electrons. The van der Waals surface area contributed by atoms with Crippen molar-refractivity contribution in [2.45, 2.75) is 19.8 Å². The highest BCUT2D eigenvalue weighted by Crippen LogP contribution is 2.19. The summed E-state index contributed by atoms with van der Waals surface area (Å²) in [5.41, 5.74) is 2.00. The molecule has 0 atom stereocenters. The van der Waals surface area contributed by atoms with Gasteiger partial charge in [-0.15, -0.1) is 0 Å². The lowest BCUT2D eigenvalue weighted by atomic mass is 10.2. The zero-order valence-corrected chi connectivity index (χ0v) is 16.6. The third-order valence-corrected chi connectivity index (χ3v) is 4.52. The summed E-state index contributed by atoms with van der Waals surface area (Å²) < 4.78 is 10.9. The predicted octanol–water partition coefficient (Wildman–Crippen LogP) is 4.17. The van der Waals surface area contributed by atoms with Gasteiger partial charge in [0.15, 0.2) is 0 Å². The van der Waals surface area contributed by atoms with Crippen LogP contribution in [0.25, 0.3) is 11.4 Å². The Labute approximate surface area is 169 Å². The molecule has 0 saturated heterocycles. The van der Waals surface area contributed by atoms with Crippen molar-refractivity contribution in [3.63, 3.8) is 0 Å². The molecule has 0 radical (unpaired) electrons. The van der Waals surface area contributed by atoms with Crippen LogP contribution >= 0.6 is 11.6 Å².